The highest BCUT2D eigenvalue weighted by Gasteiger charge is 2.32. The molecule has 2 aromatic carbocycles. The summed E-state index contributed by atoms with van der Waals surface area (Å²) in [7, 11) is 0. The summed E-state index contributed by atoms with van der Waals surface area (Å²) in [5.41, 5.74) is 1.41. The van der Waals surface area contributed by atoms with Crippen molar-refractivity contribution in [2.24, 2.45) is 0 Å². The van der Waals surface area contributed by atoms with Crippen molar-refractivity contribution >= 4 is 58.2 Å². The predicted molar refractivity (Wildman–Crippen MR) is 119 cm³/mol. The Kier molecular flexibility index (Phi) is 6.06. The maximum Gasteiger partial charge on any atom is 0.237 e. The van der Waals surface area contributed by atoms with E-state index in [2.05, 4.69) is 15.5 Å². The number of aromatic nitrogens is 3. The van der Waals surface area contributed by atoms with Gasteiger partial charge in [0.15, 0.2) is 5.16 Å². The largest absolute Gasteiger partial charge is 0.324 e. The molecule has 0 saturated heterocycles. The molecule has 1 aromatic heterocycles. The molecular formula is C20H17Cl3N4OS. The third-order valence-electron chi connectivity index (χ3n) is 4.53. The second-order valence-corrected chi connectivity index (χ2v) is 9.31. The monoisotopic (exact) mass is 466 g/mol. The Morgan fingerprint density at radius 3 is 2.48 bits per heavy atom. The first-order valence-electron chi connectivity index (χ1n) is 9.07. The van der Waals surface area contributed by atoms with Crippen molar-refractivity contribution in [3.63, 3.8) is 0 Å². The van der Waals surface area contributed by atoms with Crippen LogP contribution in [0.4, 0.5) is 5.69 Å². The van der Waals surface area contributed by atoms with Gasteiger partial charge >= 0.3 is 0 Å². The van der Waals surface area contributed by atoms with E-state index in [9.17, 15) is 4.79 Å². The fraction of sp³-hybridized carbons (Fsp3) is 0.250. The molecule has 0 bridgehead atoms. The molecule has 1 unspecified atom stereocenters. The standard InChI is InChI=1S/C20H17Cl3N4OS/c1-11(19(28)24-17-10-15(22)14(21)9-16(17)23)29-20-26-25-18(12-7-8-12)27(20)13-5-3-2-4-6-13/h2-6,9-12H,7-8H2,1H3,(H,24,28). The Hall–Kier alpha value is -1.73. The summed E-state index contributed by atoms with van der Waals surface area (Å²) in [5.74, 6) is 1.15. The fourth-order valence-electron chi connectivity index (χ4n) is 2.85. The molecule has 1 amide bonds. The van der Waals surface area contributed by atoms with Gasteiger partial charge < -0.3 is 5.32 Å². The first-order chi connectivity index (χ1) is 13.9. The minimum absolute atomic E-state index is 0.217. The lowest BCUT2D eigenvalue weighted by molar-refractivity contribution is -0.115. The molecule has 9 heteroatoms. The number of nitrogens with one attached hydrogen (secondary N) is 1. The summed E-state index contributed by atoms with van der Waals surface area (Å²) in [5, 5.41) is 12.8. The summed E-state index contributed by atoms with van der Waals surface area (Å²) >= 11 is 19.5. The molecule has 0 aliphatic heterocycles. The second kappa shape index (κ2) is 8.56. The van der Waals surface area contributed by atoms with E-state index >= 15 is 0 Å². The van der Waals surface area contributed by atoms with Crippen molar-refractivity contribution in [1.29, 1.82) is 0 Å². The summed E-state index contributed by atoms with van der Waals surface area (Å²) < 4.78 is 2.04. The molecule has 5 nitrogen and oxygen atoms in total. The van der Waals surface area contributed by atoms with Gasteiger partial charge in [-0.1, -0.05) is 64.8 Å². The average Bonchev–Trinajstić information content (AvgIpc) is 3.47. The van der Waals surface area contributed by atoms with Crippen molar-refractivity contribution in [1.82, 2.24) is 14.8 Å². The Morgan fingerprint density at radius 1 is 1.10 bits per heavy atom. The zero-order chi connectivity index (χ0) is 20.5. The van der Waals surface area contributed by atoms with Gasteiger partial charge in [0, 0.05) is 11.6 Å². The zero-order valence-corrected chi connectivity index (χ0v) is 18.5. The molecular weight excluding hydrogens is 451 g/mol. The number of para-hydroxylation sites is 1. The summed E-state index contributed by atoms with van der Waals surface area (Å²) in [4.78, 5) is 12.7. The maximum atomic E-state index is 12.7. The van der Waals surface area contributed by atoms with Crippen LogP contribution in [0.15, 0.2) is 47.6 Å². The first-order valence-corrected chi connectivity index (χ1v) is 11.1. The highest BCUT2D eigenvalue weighted by molar-refractivity contribution is 8.00. The van der Waals surface area contributed by atoms with E-state index in [-0.39, 0.29) is 5.91 Å². The molecule has 4 rings (SSSR count). The van der Waals surface area contributed by atoms with E-state index in [1.165, 1.54) is 17.8 Å². The normalized spacial score (nSPS) is 14.6. The van der Waals surface area contributed by atoms with Gasteiger partial charge in [-0.3, -0.25) is 9.36 Å². The van der Waals surface area contributed by atoms with Crippen LogP contribution in [0.3, 0.4) is 0 Å². The number of rotatable bonds is 6. The number of anilines is 1. The Balaban J connectivity index is 1.55. The Bertz CT molecular complexity index is 1050. The molecule has 1 aliphatic rings. The highest BCUT2D eigenvalue weighted by atomic mass is 35.5. The predicted octanol–water partition coefficient (Wildman–Crippen LogP) is 6.22. The number of benzene rings is 2. The van der Waals surface area contributed by atoms with Crippen molar-refractivity contribution < 1.29 is 4.79 Å². The van der Waals surface area contributed by atoms with Gasteiger partial charge in [-0.25, -0.2) is 0 Å². The number of halogens is 3. The molecule has 1 N–H and O–H groups in total. The van der Waals surface area contributed by atoms with Crippen LogP contribution >= 0.6 is 46.6 Å². The molecule has 1 saturated carbocycles. The second-order valence-electron chi connectivity index (χ2n) is 6.78. The number of nitrogens with zero attached hydrogens (tertiary/aromatic N) is 3. The number of hydrogen-bond acceptors (Lipinski definition) is 4. The van der Waals surface area contributed by atoms with E-state index in [4.69, 9.17) is 34.8 Å². The van der Waals surface area contributed by atoms with Crippen LogP contribution in [-0.4, -0.2) is 25.9 Å². The van der Waals surface area contributed by atoms with Crippen LogP contribution in [0, 0.1) is 0 Å². The van der Waals surface area contributed by atoms with Gasteiger partial charge in [0.1, 0.15) is 5.82 Å². The molecule has 0 radical (unpaired) electrons. The lowest BCUT2D eigenvalue weighted by Gasteiger charge is -2.15. The van der Waals surface area contributed by atoms with Crippen LogP contribution in [0.1, 0.15) is 31.5 Å². The summed E-state index contributed by atoms with van der Waals surface area (Å²) in [6.07, 6.45) is 2.23. The molecule has 1 aliphatic carbocycles. The molecule has 1 heterocycles. The molecule has 29 heavy (non-hydrogen) atoms. The van der Waals surface area contributed by atoms with Crippen LogP contribution < -0.4 is 5.32 Å². The fourth-order valence-corrected chi connectivity index (χ4v) is 4.32. The zero-order valence-electron chi connectivity index (χ0n) is 15.4. The average molecular weight is 468 g/mol. The molecule has 1 fully saturated rings. The maximum absolute atomic E-state index is 12.7. The topological polar surface area (TPSA) is 59.8 Å². The number of hydrogen-bond donors (Lipinski definition) is 1. The Labute approximate surface area is 187 Å². The van der Waals surface area contributed by atoms with Gasteiger partial charge in [0.25, 0.3) is 0 Å². The minimum atomic E-state index is -0.431. The number of amides is 1. The smallest absolute Gasteiger partial charge is 0.237 e. The molecule has 150 valence electrons. The van der Waals surface area contributed by atoms with Crippen LogP contribution in [0.25, 0.3) is 5.69 Å². The van der Waals surface area contributed by atoms with Gasteiger partial charge in [-0.15, -0.1) is 10.2 Å². The van der Waals surface area contributed by atoms with Gasteiger partial charge in [-0.2, -0.15) is 0 Å². The molecule has 1 atom stereocenters. The summed E-state index contributed by atoms with van der Waals surface area (Å²) in [6, 6.07) is 13.0. The number of thioether (sulfide) groups is 1. The van der Waals surface area contributed by atoms with Crippen LogP contribution in [0.2, 0.25) is 15.1 Å². The van der Waals surface area contributed by atoms with Crippen LogP contribution in [-0.2, 0) is 4.79 Å². The van der Waals surface area contributed by atoms with E-state index in [0.717, 1.165) is 24.4 Å². The van der Waals surface area contributed by atoms with E-state index < -0.39 is 5.25 Å². The van der Waals surface area contributed by atoms with E-state index in [1.54, 1.807) is 6.07 Å². The quantitative estimate of drug-likeness (QED) is 0.345. The first kappa shape index (κ1) is 20.5. The van der Waals surface area contributed by atoms with Crippen molar-refractivity contribution in [3.8, 4) is 5.69 Å². The number of carbonyl (C=O) groups excluding carboxylic acids is 1. The SMILES string of the molecule is CC(Sc1nnc(C2CC2)n1-c1ccccc1)C(=O)Nc1cc(Cl)c(Cl)cc1Cl. The lowest BCUT2D eigenvalue weighted by atomic mass is 10.3. The van der Waals surface area contributed by atoms with Crippen molar-refractivity contribution in [2.45, 2.75) is 36.1 Å². The van der Waals surface area contributed by atoms with Gasteiger partial charge in [0.2, 0.25) is 5.91 Å². The minimum Gasteiger partial charge on any atom is -0.324 e. The van der Waals surface area contributed by atoms with Crippen molar-refractivity contribution in [3.05, 3.63) is 63.4 Å². The van der Waals surface area contributed by atoms with Gasteiger partial charge in [0.05, 0.1) is 26.0 Å². The Morgan fingerprint density at radius 2 is 1.79 bits per heavy atom. The lowest BCUT2D eigenvalue weighted by Crippen LogP contribution is -2.23. The van der Waals surface area contributed by atoms with E-state index in [1.807, 2.05) is 41.8 Å². The van der Waals surface area contributed by atoms with Crippen LogP contribution in [0.5, 0.6) is 0 Å². The summed E-state index contributed by atoms with van der Waals surface area (Å²) in [6.45, 7) is 1.81. The van der Waals surface area contributed by atoms with Crippen molar-refractivity contribution in [2.75, 3.05) is 5.32 Å². The molecule has 0 spiro atoms. The third kappa shape index (κ3) is 4.56. The van der Waals surface area contributed by atoms with E-state index in [0.29, 0.717) is 31.8 Å². The van der Waals surface area contributed by atoms with Gasteiger partial charge in [-0.05, 0) is 44.0 Å². The highest BCUT2D eigenvalue weighted by Crippen LogP contribution is 2.41. The third-order valence-corrected chi connectivity index (χ3v) is 6.61. The molecule has 3 aromatic rings. The number of carbonyl (C=O) groups is 1.